The van der Waals surface area contributed by atoms with Gasteiger partial charge in [0.05, 0.1) is 20.8 Å². The van der Waals surface area contributed by atoms with E-state index in [0.717, 1.165) is 11.3 Å². The van der Waals surface area contributed by atoms with Gasteiger partial charge in [0.2, 0.25) is 5.91 Å². The maximum atomic E-state index is 13.5. The minimum absolute atomic E-state index is 0.0909. The molecule has 2 aromatic carbocycles. The van der Waals surface area contributed by atoms with Gasteiger partial charge < -0.3 is 14.8 Å². The zero-order valence-electron chi connectivity index (χ0n) is 15.5. The number of halogens is 1. The van der Waals surface area contributed by atoms with Crippen LogP contribution >= 0.6 is 0 Å². The highest BCUT2D eigenvalue weighted by atomic mass is 19.1. The first-order chi connectivity index (χ1) is 12.9. The van der Waals surface area contributed by atoms with Crippen LogP contribution in [-0.2, 0) is 20.9 Å². The van der Waals surface area contributed by atoms with Crippen molar-refractivity contribution in [1.29, 1.82) is 0 Å². The molecule has 2 aromatic rings. The van der Waals surface area contributed by atoms with Gasteiger partial charge in [-0.1, -0.05) is 24.3 Å². The van der Waals surface area contributed by atoms with Gasteiger partial charge in [0, 0.05) is 6.54 Å². The number of nitrogens with one attached hydrogen (secondary N) is 2. The van der Waals surface area contributed by atoms with Gasteiger partial charge in [-0.25, -0.2) is 9.18 Å². The number of carbonyl (C=O) groups is 2. The molecule has 0 aromatic heterocycles. The van der Waals surface area contributed by atoms with E-state index >= 15 is 0 Å². The molecule has 2 N–H and O–H groups in total. The number of rotatable bonds is 8. The highest BCUT2D eigenvalue weighted by Crippen LogP contribution is 2.18. The lowest BCUT2D eigenvalue weighted by Crippen LogP contribution is -2.38. The highest BCUT2D eigenvalue weighted by molar-refractivity contribution is 5.81. The molecule has 0 fully saturated rings. The Hall–Kier alpha value is -2.93. The summed E-state index contributed by atoms with van der Waals surface area (Å²) in [4.78, 5) is 24.1. The fraction of sp³-hybridized carbons (Fsp3) is 0.300. The average Bonchev–Trinajstić information content (AvgIpc) is 2.69. The molecule has 7 heteroatoms. The Morgan fingerprint density at radius 3 is 2.41 bits per heavy atom. The maximum Gasteiger partial charge on any atom is 0.327 e. The van der Waals surface area contributed by atoms with E-state index in [1.54, 1.807) is 20.1 Å². The Morgan fingerprint density at radius 1 is 1.11 bits per heavy atom. The summed E-state index contributed by atoms with van der Waals surface area (Å²) in [6, 6.07) is 10.8. The van der Waals surface area contributed by atoms with Crippen LogP contribution in [0.15, 0.2) is 42.5 Å². The first-order valence-corrected chi connectivity index (χ1v) is 8.41. The number of benzene rings is 2. The van der Waals surface area contributed by atoms with Crippen LogP contribution in [-0.4, -0.2) is 32.6 Å². The van der Waals surface area contributed by atoms with E-state index in [4.69, 9.17) is 9.47 Å². The second-order valence-corrected chi connectivity index (χ2v) is 5.97. The Morgan fingerprint density at radius 2 is 1.81 bits per heavy atom. The van der Waals surface area contributed by atoms with Crippen molar-refractivity contribution in [2.75, 3.05) is 20.8 Å². The van der Waals surface area contributed by atoms with Crippen LogP contribution in [0.3, 0.4) is 0 Å². The van der Waals surface area contributed by atoms with Gasteiger partial charge in [-0.2, -0.15) is 0 Å². The molecule has 0 spiro atoms. The summed E-state index contributed by atoms with van der Waals surface area (Å²) in [6.45, 7) is 1.87. The fourth-order valence-electron chi connectivity index (χ4n) is 2.50. The lowest BCUT2D eigenvalue weighted by Gasteiger charge is -2.17. The lowest BCUT2D eigenvalue weighted by molar-refractivity contribution is -0.143. The van der Waals surface area contributed by atoms with E-state index in [1.807, 2.05) is 24.3 Å². The van der Waals surface area contributed by atoms with Gasteiger partial charge >= 0.3 is 5.97 Å². The van der Waals surface area contributed by atoms with E-state index in [1.165, 1.54) is 19.2 Å². The largest absolute Gasteiger partial charge is 0.497 e. The van der Waals surface area contributed by atoms with Gasteiger partial charge in [-0.15, -0.1) is 0 Å². The molecular weight excluding hydrogens is 351 g/mol. The van der Waals surface area contributed by atoms with Crippen molar-refractivity contribution in [2.24, 2.45) is 0 Å². The van der Waals surface area contributed by atoms with E-state index in [0.29, 0.717) is 17.7 Å². The molecule has 1 atom stereocenters. The van der Waals surface area contributed by atoms with Crippen LogP contribution in [0.25, 0.3) is 0 Å². The summed E-state index contributed by atoms with van der Waals surface area (Å²) in [5.41, 5.74) is 1.86. The minimum Gasteiger partial charge on any atom is -0.497 e. The van der Waals surface area contributed by atoms with Gasteiger partial charge in [0.1, 0.15) is 17.6 Å². The minimum atomic E-state index is -0.860. The zero-order valence-corrected chi connectivity index (χ0v) is 15.5. The Labute approximate surface area is 157 Å². The van der Waals surface area contributed by atoms with E-state index < -0.39 is 12.0 Å². The Kier molecular flexibility index (Phi) is 7.31. The van der Waals surface area contributed by atoms with Crippen molar-refractivity contribution >= 4 is 11.9 Å². The van der Waals surface area contributed by atoms with Crippen molar-refractivity contribution in [2.45, 2.75) is 19.5 Å². The highest BCUT2D eigenvalue weighted by Gasteiger charge is 2.22. The summed E-state index contributed by atoms with van der Waals surface area (Å²) >= 11 is 0. The first-order valence-electron chi connectivity index (χ1n) is 8.41. The van der Waals surface area contributed by atoms with Gasteiger partial charge in [-0.05, 0) is 41.8 Å². The molecule has 0 bridgehead atoms. The van der Waals surface area contributed by atoms with Crippen molar-refractivity contribution in [3.63, 3.8) is 0 Å². The normalized spacial score (nSPS) is 11.6. The number of hydrogen-bond acceptors (Lipinski definition) is 5. The summed E-state index contributed by atoms with van der Waals surface area (Å²) in [5, 5.41) is 5.62. The second kappa shape index (κ2) is 9.68. The van der Waals surface area contributed by atoms with Crippen molar-refractivity contribution < 1.29 is 23.5 Å². The molecule has 0 aliphatic carbocycles. The molecule has 0 aliphatic rings. The predicted octanol–water partition coefficient (Wildman–Crippen LogP) is 2.26. The molecule has 6 nitrogen and oxygen atoms in total. The van der Waals surface area contributed by atoms with Crippen molar-refractivity contribution in [3.8, 4) is 5.75 Å². The number of hydrogen-bond donors (Lipinski definition) is 2. The molecule has 0 saturated carbocycles. The van der Waals surface area contributed by atoms with Gasteiger partial charge in [-0.3, -0.25) is 10.1 Å². The van der Waals surface area contributed by atoms with E-state index in [9.17, 15) is 14.0 Å². The molecule has 0 heterocycles. The standard InChI is InChI=1S/C20H23FN2O4/c1-13-10-15(6-9-17(13)21)19(20(25)27-3)23-12-18(24)22-11-14-4-7-16(26-2)8-5-14/h4-10,19,23H,11-12H2,1-3H3,(H,22,24). The van der Waals surface area contributed by atoms with Crippen LogP contribution in [0.2, 0.25) is 0 Å². The Bertz CT molecular complexity index is 793. The monoisotopic (exact) mass is 374 g/mol. The second-order valence-electron chi connectivity index (χ2n) is 5.97. The molecule has 2 rings (SSSR count). The quantitative estimate of drug-likeness (QED) is 0.693. The maximum absolute atomic E-state index is 13.5. The van der Waals surface area contributed by atoms with Crippen LogP contribution in [0.5, 0.6) is 5.75 Å². The smallest absolute Gasteiger partial charge is 0.327 e. The molecule has 27 heavy (non-hydrogen) atoms. The van der Waals surface area contributed by atoms with Crippen LogP contribution < -0.4 is 15.4 Å². The summed E-state index contributed by atoms with van der Waals surface area (Å²) in [5.74, 6) is -0.454. The molecular formula is C20H23FN2O4. The molecule has 0 saturated heterocycles. The number of amides is 1. The number of methoxy groups -OCH3 is 2. The number of ether oxygens (including phenoxy) is 2. The van der Waals surface area contributed by atoms with Crippen LogP contribution in [0.1, 0.15) is 22.7 Å². The predicted molar refractivity (Wildman–Crippen MR) is 98.7 cm³/mol. The Balaban J connectivity index is 1.94. The average molecular weight is 374 g/mol. The third-order valence-corrected chi connectivity index (χ3v) is 4.07. The SMILES string of the molecule is COC(=O)C(NCC(=O)NCc1ccc(OC)cc1)c1ccc(F)c(C)c1. The molecule has 1 amide bonds. The number of esters is 1. The third kappa shape index (κ3) is 5.79. The van der Waals surface area contributed by atoms with Crippen LogP contribution in [0.4, 0.5) is 4.39 Å². The first kappa shape index (κ1) is 20.4. The van der Waals surface area contributed by atoms with Gasteiger partial charge in [0.15, 0.2) is 0 Å². The molecule has 0 aliphatic heterocycles. The molecule has 1 unspecified atom stereocenters. The lowest BCUT2D eigenvalue weighted by atomic mass is 10.0. The summed E-state index contributed by atoms with van der Waals surface area (Å²) in [7, 11) is 2.85. The van der Waals surface area contributed by atoms with E-state index in [-0.39, 0.29) is 18.3 Å². The molecule has 0 radical (unpaired) electrons. The fourth-order valence-corrected chi connectivity index (χ4v) is 2.50. The third-order valence-electron chi connectivity index (χ3n) is 4.07. The van der Waals surface area contributed by atoms with Crippen molar-refractivity contribution in [1.82, 2.24) is 10.6 Å². The summed E-state index contributed by atoms with van der Waals surface area (Å²) < 4.78 is 23.3. The topological polar surface area (TPSA) is 76.7 Å². The number of carbonyl (C=O) groups excluding carboxylic acids is 2. The van der Waals surface area contributed by atoms with Gasteiger partial charge in [0.25, 0.3) is 0 Å². The zero-order chi connectivity index (χ0) is 19.8. The summed E-state index contributed by atoms with van der Waals surface area (Å²) in [6.07, 6.45) is 0. The van der Waals surface area contributed by atoms with Crippen molar-refractivity contribution in [3.05, 3.63) is 65.0 Å². The van der Waals surface area contributed by atoms with Crippen LogP contribution in [0, 0.1) is 12.7 Å². The molecule has 144 valence electrons. The number of aryl methyl sites for hydroxylation is 1. The van der Waals surface area contributed by atoms with E-state index in [2.05, 4.69) is 10.6 Å².